The van der Waals surface area contributed by atoms with Gasteiger partial charge in [-0.2, -0.15) is 0 Å². The zero-order chi connectivity index (χ0) is 13.4. The Kier molecular flexibility index (Phi) is 3.32. The highest BCUT2D eigenvalue weighted by atomic mass is 16.4. The summed E-state index contributed by atoms with van der Waals surface area (Å²) in [6, 6.07) is 0. The topological polar surface area (TPSA) is 74.7 Å². The smallest absolute Gasteiger partial charge is 0.311 e. The average Bonchev–Trinajstić information content (AvgIpc) is 2.40. The van der Waals surface area contributed by atoms with E-state index in [0.717, 1.165) is 4.90 Å². The van der Waals surface area contributed by atoms with Crippen LogP contribution in [0.2, 0.25) is 0 Å². The van der Waals surface area contributed by atoms with Crippen LogP contribution in [0, 0.1) is 10.8 Å². The van der Waals surface area contributed by atoms with Crippen molar-refractivity contribution in [1.29, 1.82) is 0 Å². The second-order valence-electron chi connectivity index (χ2n) is 5.57. The average molecular weight is 241 g/mol. The molecule has 1 N–H and O–H groups in total. The van der Waals surface area contributed by atoms with Crippen LogP contribution in [0.25, 0.3) is 0 Å². The van der Waals surface area contributed by atoms with Gasteiger partial charge in [0.2, 0.25) is 11.8 Å². The highest BCUT2D eigenvalue weighted by Crippen LogP contribution is 2.34. The van der Waals surface area contributed by atoms with Crippen LogP contribution in [-0.4, -0.2) is 34.3 Å². The maximum atomic E-state index is 12.0. The van der Waals surface area contributed by atoms with Crippen molar-refractivity contribution in [2.75, 3.05) is 6.54 Å². The fourth-order valence-corrected chi connectivity index (χ4v) is 1.87. The summed E-state index contributed by atoms with van der Waals surface area (Å²) in [5.41, 5.74) is -1.77. The van der Waals surface area contributed by atoms with Crippen molar-refractivity contribution in [1.82, 2.24) is 4.90 Å². The summed E-state index contributed by atoms with van der Waals surface area (Å²) >= 11 is 0. The highest BCUT2D eigenvalue weighted by molar-refractivity contribution is 6.05. The van der Waals surface area contributed by atoms with Crippen LogP contribution in [-0.2, 0) is 14.4 Å². The zero-order valence-electron chi connectivity index (χ0n) is 10.7. The quantitative estimate of drug-likeness (QED) is 0.752. The lowest BCUT2D eigenvalue weighted by molar-refractivity contribution is -0.152. The molecule has 96 valence electrons. The van der Waals surface area contributed by atoms with Gasteiger partial charge in [0.15, 0.2) is 0 Å². The molecule has 1 aliphatic heterocycles. The molecule has 1 heterocycles. The van der Waals surface area contributed by atoms with Gasteiger partial charge < -0.3 is 5.11 Å². The minimum atomic E-state index is -1.06. The lowest BCUT2D eigenvalue weighted by Gasteiger charge is -2.28. The van der Waals surface area contributed by atoms with Gasteiger partial charge in [-0.05, 0) is 13.3 Å². The van der Waals surface area contributed by atoms with E-state index in [1.54, 1.807) is 27.7 Å². The van der Waals surface area contributed by atoms with E-state index in [1.165, 1.54) is 0 Å². The summed E-state index contributed by atoms with van der Waals surface area (Å²) in [6.07, 6.45) is 0.533. The molecule has 0 aromatic carbocycles. The fourth-order valence-electron chi connectivity index (χ4n) is 1.87. The standard InChI is InChI=1S/C12H19NO4/c1-5-12(4,10(16)17)7-13-8(14)6-11(2,3)9(13)15/h5-7H2,1-4H3,(H,16,17). The third-order valence-electron chi connectivity index (χ3n) is 3.52. The Balaban J connectivity index is 2.93. The molecular formula is C12H19NO4. The molecule has 5 nitrogen and oxygen atoms in total. The summed E-state index contributed by atoms with van der Waals surface area (Å²) in [5.74, 6) is -1.53. The molecule has 1 unspecified atom stereocenters. The minimum Gasteiger partial charge on any atom is -0.481 e. The van der Waals surface area contributed by atoms with Gasteiger partial charge in [0, 0.05) is 13.0 Å². The first-order valence-corrected chi connectivity index (χ1v) is 5.72. The number of hydrogen-bond acceptors (Lipinski definition) is 3. The Bertz CT molecular complexity index is 375. The monoisotopic (exact) mass is 241 g/mol. The Morgan fingerprint density at radius 2 is 2.00 bits per heavy atom. The third kappa shape index (κ3) is 2.33. The largest absolute Gasteiger partial charge is 0.481 e. The minimum absolute atomic E-state index is 0.0417. The van der Waals surface area contributed by atoms with Crippen molar-refractivity contribution in [3.8, 4) is 0 Å². The second-order valence-corrected chi connectivity index (χ2v) is 5.57. The van der Waals surface area contributed by atoms with E-state index in [2.05, 4.69) is 0 Å². The van der Waals surface area contributed by atoms with Crippen molar-refractivity contribution in [3.63, 3.8) is 0 Å². The van der Waals surface area contributed by atoms with Gasteiger partial charge in [0.25, 0.3) is 0 Å². The molecule has 0 bridgehead atoms. The number of aliphatic carboxylic acids is 1. The van der Waals surface area contributed by atoms with Gasteiger partial charge in [0.1, 0.15) is 0 Å². The van der Waals surface area contributed by atoms with Crippen LogP contribution in [0.15, 0.2) is 0 Å². The van der Waals surface area contributed by atoms with Crippen LogP contribution in [0.4, 0.5) is 0 Å². The van der Waals surface area contributed by atoms with E-state index in [1.807, 2.05) is 0 Å². The molecule has 1 saturated heterocycles. The predicted molar refractivity (Wildman–Crippen MR) is 61.2 cm³/mol. The van der Waals surface area contributed by atoms with Crippen LogP contribution < -0.4 is 0 Å². The molecule has 0 saturated carbocycles. The van der Waals surface area contributed by atoms with E-state index < -0.39 is 16.8 Å². The number of carboxylic acids is 1. The summed E-state index contributed by atoms with van der Waals surface area (Å²) in [5, 5.41) is 9.15. The molecule has 2 amide bonds. The second kappa shape index (κ2) is 4.13. The number of likely N-dealkylation sites (tertiary alicyclic amines) is 1. The number of hydrogen-bond donors (Lipinski definition) is 1. The van der Waals surface area contributed by atoms with Gasteiger partial charge in [-0.25, -0.2) is 0 Å². The summed E-state index contributed by atoms with van der Waals surface area (Å²) in [6.45, 7) is 6.67. The molecule has 1 atom stereocenters. The van der Waals surface area contributed by atoms with E-state index >= 15 is 0 Å². The van der Waals surface area contributed by atoms with E-state index in [9.17, 15) is 14.4 Å². The first-order chi connectivity index (χ1) is 7.64. The number of carboxylic acid groups (broad SMARTS) is 1. The van der Waals surface area contributed by atoms with Crippen LogP contribution in [0.5, 0.6) is 0 Å². The molecule has 0 spiro atoms. The van der Waals surface area contributed by atoms with E-state index in [-0.39, 0.29) is 24.8 Å². The Hall–Kier alpha value is -1.39. The first-order valence-electron chi connectivity index (χ1n) is 5.72. The first kappa shape index (κ1) is 13.7. The summed E-state index contributed by atoms with van der Waals surface area (Å²) in [7, 11) is 0. The molecule has 0 aliphatic carbocycles. The highest BCUT2D eigenvalue weighted by Gasteiger charge is 2.48. The lowest BCUT2D eigenvalue weighted by Crippen LogP contribution is -2.44. The third-order valence-corrected chi connectivity index (χ3v) is 3.52. The zero-order valence-corrected chi connectivity index (χ0v) is 10.7. The fraction of sp³-hybridized carbons (Fsp3) is 0.750. The van der Waals surface area contributed by atoms with Crippen LogP contribution >= 0.6 is 0 Å². The van der Waals surface area contributed by atoms with Crippen molar-refractivity contribution in [2.24, 2.45) is 10.8 Å². The summed E-state index contributed by atoms with van der Waals surface area (Å²) < 4.78 is 0. The molecule has 0 aromatic heterocycles. The van der Waals surface area contributed by atoms with Gasteiger partial charge >= 0.3 is 5.97 Å². The molecule has 1 aliphatic rings. The molecule has 0 aromatic rings. The van der Waals surface area contributed by atoms with Gasteiger partial charge in [-0.3, -0.25) is 19.3 Å². The molecule has 0 radical (unpaired) electrons. The number of nitrogens with zero attached hydrogens (tertiary/aromatic N) is 1. The molecule has 17 heavy (non-hydrogen) atoms. The lowest BCUT2D eigenvalue weighted by atomic mass is 9.87. The molecule has 5 heteroatoms. The van der Waals surface area contributed by atoms with E-state index in [0.29, 0.717) is 6.42 Å². The molecule has 1 fully saturated rings. The number of carbonyl (C=O) groups is 3. The van der Waals surface area contributed by atoms with Crippen LogP contribution in [0.1, 0.15) is 40.5 Å². The Morgan fingerprint density at radius 1 is 1.47 bits per heavy atom. The summed E-state index contributed by atoms with van der Waals surface area (Å²) in [4.78, 5) is 36.0. The van der Waals surface area contributed by atoms with Gasteiger partial charge in [-0.1, -0.05) is 20.8 Å². The predicted octanol–water partition coefficient (Wildman–Crippen LogP) is 1.27. The van der Waals surface area contributed by atoms with Crippen molar-refractivity contribution in [2.45, 2.75) is 40.5 Å². The molecule has 1 rings (SSSR count). The van der Waals surface area contributed by atoms with E-state index in [4.69, 9.17) is 5.11 Å². The maximum absolute atomic E-state index is 12.0. The molecular weight excluding hydrogens is 222 g/mol. The normalized spacial score (nSPS) is 22.7. The SMILES string of the molecule is CCC(C)(CN1C(=O)CC(C)(C)C1=O)C(=O)O. The van der Waals surface area contributed by atoms with Gasteiger partial charge in [0.05, 0.1) is 10.8 Å². The van der Waals surface area contributed by atoms with Gasteiger partial charge in [-0.15, -0.1) is 0 Å². The Morgan fingerprint density at radius 3 is 2.29 bits per heavy atom. The van der Waals surface area contributed by atoms with Crippen LogP contribution in [0.3, 0.4) is 0 Å². The van der Waals surface area contributed by atoms with Crippen molar-refractivity contribution >= 4 is 17.8 Å². The maximum Gasteiger partial charge on any atom is 0.311 e. The van der Waals surface area contributed by atoms with Crippen molar-refractivity contribution in [3.05, 3.63) is 0 Å². The Labute approximate surface area is 101 Å². The number of imide groups is 1. The number of carbonyl (C=O) groups excluding carboxylic acids is 2. The number of rotatable bonds is 4. The number of amides is 2. The van der Waals surface area contributed by atoms with Crippen molar-refractivity contribution < 1.29 is 19.5 Å².